The fourth-order valence-electron chi connectivity index (χ4n) is 1.64. The van der Waals surface area contributed by atoms with Crippen molar-refractivity contribution in [3.05, 3.63) is 28.7 Å². The van der Waals surface area contributed by atoms with Gasteiger partial charge in [-0.15, -0.1) is 0 Å². The highest BCUT2D eigenvalue weighted by molar-refractivity contribution is 5.78. The van der Waals surface area contributed by atoms with Crippen molar-refractivity contribution in [3.8, 4) is 0 Å². The van der Waals surface area contributed by atoms with Crippen LogP contribution in [0.3, 0.4) is 0 Å². The van der Waals surface area contributed by atoms with Crippen molar-refractivity contribution in [2.75, 3.05) is 25.5 Å². The van der Waals surface area contributed by atoms with Gasteiger partial charge < -0.3 is 20.6 Å². The average Bonchev–Trinajstić information content (AvgIpc) is 2.64. The Balaban J connectivity index is 2.04. The number of aromatic amines is 2. The molecule has 2 aromatic rings. The summed E-state index contributed by atoms with van der Waals surface area (Å²) in [5.41, 5.74) is 2.54. The molecular weight excluding hydrogens is 204 g/mol. The summed E-state index contributed by atoms with van der Waals surface area (Å²) in [6, 6.07) is 5.80. The van der Waals surface area contributed by atoms with Crippen molar-refractivity contribution in [1.82, 2.24) is 15.3 Å². The van der Waals surface area contributed by atoms with Crippen molar-refractivity contribution in [3.63, 3.8) is 0 Å². The predicted molar refractivity (Wildman–Crippen MR) is 66.0 cm³/mol. The Morgan fingerprint density at radius 3 is 2.81 bits per heavy atom. The second kappa shape index (κ2) is 4.85. The van der Waals surface area contributed by atoms with Gasteiger partial charge in [0.25, 0.3) is 0 Å². The minimum Gasteiger partial charge on any atom is -0.385 e. The fraction of sp³-hybridized carbons (Fsp3) is 0.364. The Morgan fingerprint density at radius 2 is 2.00 bits per heavy atom. The SMILES string of the molecule is CNCCCNc1ccc2[nH]c(=O)[nH]c2c1. The van der Waals surface area contributed by atoms with Gasteiger partial charge in [0.1, 0.15) is 0 Å². The number of aromatic nitrogens is 2. The Hall–Kier alpha value is -1.75. The molecule has 5 heteroatoms. The molecule has 0 saturated heterocycles. The van der Waals surface area contributed by atoms with Crippen LogP contribution in [0.4, 0.5) is 5.69 Å². The molecule has 0 aliphatic heterocycles. The van der Waals surface area contributed by atoms with E-state index >= 15 is 0 Å². The van der Waals surface area contributed by atoms with E-state index in [2.05, 4.69) is 20.6 Å². The van der Waals surface area contributed by atoms with E-state index in [9.17, 15) is 4.79 Å². The molecule has 0 saturated carbocycles. The van der Waals surface area contributed by atoms with Crippen molar-refractivity contribution in [2.24, 2.45) is 0 Å². The van der Waals surface area contributed by atoms with Crippen molar-refractivity contribution < 1.29 is 0 Å². The maximum atomic E-state index is 11.1. The molecule has 1 heterocycles. The molecule has 0 unspecified atom stereocenters. The van der Waals surface area contributed by atoms with E-state index in [-0.39, 0.29) is 5.69 Å². The average molecular weight is 220 g/mol. The molecular formula is C11H16N4O. The molecule has 1 aromatic heterocycles. The largest absolute Gasteiger partial charge is 0.385 e. The molecule has 4 N–H and O–H groups in total. The molecule has 5 nitrogen and oxygen atoms in total. The molecule has 0 bridgehead atoms. The van der Waals surface area contributed by atoms with Crippen molar-refractivity contribution in [1.29, 1.82) is 0 Å². The number of rotatable bonds is 5. The maximum absolute atomic E-state index is 11.1. The lowest BCUT2D eigenvalue weighted by Gasteiger charge is -2.05. The van der Waals surface area contributed by atoms with Gasteiger partial charge in [0.2, 0.25) is 0 Å². The van der Waals surface area contributed by atoms with Crippen LogP contribution in [-0.4, -0.2) is 30.1 Å². The van der Waals surface area contributed by atoms with E-state index in [1.807, 2.05) is 25.2 Å². The van der Waals surface area contributed by atoms with Crippen molar-refractivity contribution in [2.45, 2.75) is 6.42 Å². The van der Waals surface area contributed by atoms with E-state index in [1.165, 1.54) is 0 Å². The Labute approximate surface area is 93.3 Å². The molecule has 86 valence electrons. The first kappa shape index (κ1) is 10.8. The number of benzene rings is 1. The highest BCUT2D eigenvalue weighted by Gasteiger charge is 1.98. The third-order valence-corrected chi connectivity index (χ3v) is 2.45. The molecule has 16 heavy (non-hydrogen) atoms. The van der Waals surface area contributed by atoms with Gasteiger partial charge in [-0.2, -0.15) is 0 Å². The summed E-state index contributed by atoms with van der Waals surface area (Å²) in [5, 5.41) is 6.40. The minimum absolute atomic E-state index is 0.165. The second-order valence-electron chi connectivity index (χ2n) is 3.72. The topological polar surface area (TPSA) is 72.7 Å². The summed E-state index contributed by atoms with van der Waals surface area (Å²) in [6.45, 7) is 1.91. The molecule has 0 aliphatic carbocycles. The third-order valence-electron chi connectivity index (χ3n) is 2.45. The van der Waals surface area contributed by atoms with Crippen LogP contribution in [0.1, 0.15) is 6.42 Å². The number of nitrogens with one attached hydrogen (secondary N) is 4. The molecule has 0 atom stereocenters. The molecule has 0 spiro atoms. The number of anilines is 1. The molecule has 0 fully saturated rings. The van der Waals surface area contributed by atoms with Crippen molar-refractivity contribution >= 4 is 16.7 Å². The lowest BCUT2D eigenvalue weighted by molar-refractivity contribution is 0.748. The smallest absolute Gasteiger partial charge is 0.323 e. The first-order valence-corrected chi connectivity index (χ1v) is 5.40. The number of imidazole rings is 1. The summed E-state index contributed by atoms with van der Waals surface area (Å²) in [7, 11) is 1.94. The quantitative estimate of drug-likeness (QED) is 0.565. The zero-order valence-electron chi connectivity index (χ0n) is 9.26. The summed E-state index contributed by atoms with van der Waals surface area (Å²) < 4.78 is 0. The highest BCUT2D eigenvalue weighted by Crippen LogP contribution is 2.14. The van der Waals surface area contributed by atoms with Gasteiger partial charge in [0.05, 0.1) is 11.0 Å². The first-order valence-electron chi connectivity index (χ1n) is 5.40. The Morgan fingerprint density at radius 1 is 1.19 bits per heavy atom. The molecule has 1 aromatic carbocycles. The van der Waals surface area contributed by atoms with Crippen LogP contribution < -0.4 is 16.3 Å². The standard InChI is InChI=1S/C11H16N4O/c1-12-5-2-6-13-8-3-4-9-10(7-8)15-11(16)14-9/h3-4,7,12-13H,2,5-6H2,1H3,(H2,14,15,16). The van der Waals surface area contributed by atoms with E-state index in [0.717, 1.165) is 36.2 Å². The van der Waals surface area contributed by atoms with Gasteiger partial charge in [-0.05, 0) is 38.2 Å². The lowest BCUT2D eigenvalue weighted by atomic mass is 10.2. The number of fused-ring (bicyclic) bond motifs is 1. The van der Waals surface area contributed by atoms with E-state index in [4.69, 9.17) is 0 Å². The lowest BCUT2D eigenvalue weighted by Crippen LogP contribution is -2.12. The normalized spacial score (nSPS) is 10.8. The van der Waals surface area contributed by atoms with Crippen LogP contribution in [0.5, 0.6) is 0 Å². The number of H-pyrrole nitrogens is 2. The Bertz CT molecular complexity index is 514. The first-order chi connectivity index (χ1) is 7.79. The van der Waals surface area contributed by atoms with Crippen LogP contribution in [0.15, 0.2) is 23.0 Å². The number of hydrogen-bond acceptors (Lipinski definition) is 3. The van der Waals surface area contributed by atoms with Crippen LogP contribution in [0, 0.1) is 0 Å². The Kier molecular flexibility index (Phi) is 3.26. The van der Waals surface area contributed by atoms with Gasteiger partial charge in [-0.25, -0.2) is 4.79 Å². The van der Waals surface area contributed by atoms with Crippen LogP contribution in [-0.2, 0) is 0 Å². The minimum atomic E-state index is -0.165. The predicted octanol–water partition coefficient (Wildman–Crippen LogP) is 0.878. The summed E-state index contributed by atoms with van der Waals surface area (Å²) in [4.78, 5) is 16.5. The summed E-state index contributed by atoms with van der Waals surface area (Å²) >= 11 is 0. The molecule has 0 aliphatic rings. The molecule has 0 radical (unpaired) electrons. The van der Waals surface area contributed by atoms with Crippen LogP contribution in [0.2, 0.25) is 0 Å². The molecule has 0 amide bonds. The zero-order valence-corrected chi connectivity index (χ0v) is 9.26. The second-order valence-corrected chi connectivity index (χ2v) is 3.72. The third kappa shape index (κ3) is 2.43. The van der Waals surface area contributed by atoms with Gasteiger partial charge in [0.15, 0.2) is 0 Å². The highest BCUT2D eigenvalue weighted by atomic mass is 16.1. The van der Waals surface area contributed by atoms with Crippen LogP contribution in [0.25, 0.3) is 11.0 Å². The van der Waals surface area contributed by atoms with Gasteiger partial charge in [-0.3, -0.25) is 0 Å². The van der Waals surface area contributed by atoms with Crippen LogP contribution >= 0.6 is 0 Å². The van der Waals surface area contributed by atoms with Gasteiger partial charge in [0, 0.05) is 12.2 Å². The number of hydrogen-bond donors (Lipinski definition) is 4. The fourth-order valence-corrected chi connectivity index (χ4v) is 1.64. The van der Waals surface area contributed by atoms with E-state index in [1.54, 1.807) is 0 Å². The summed E-state index contributed by atoms with van der Waals surface area (Å²) in [6.07, 6.45) is 1.07. The van der Waals surface area contributed by atoms with E-state index in [0.29, 0.717) is 0 Å². The zero-order chi connectivity index (χ0) is 11.4. The van der Waals surface area contributed by atoms with Gasteiger partial charge in [-0.1, -0.05) is 0 Å². The maximum Gasteiger partial charge on any atom is 0.323 e. The summed E-state index contributed by atoms with van der Waals surface area (Å²) in [5.74, 6) is 0. The monoisotopic (exact) mass is 220 g/mol. The van der Waals surface area contributed by atoms with Gasteiger partial charge >= 0.3 is 5.69 Å². The molecule has 2 rings (SSSR count). The van der Waals surface area contributed by atoms with E-state index < -0.39 is 0 Å².